The number of hydrogen-bond donors (Lipinski definition) is 1. The molecule has 2 aromatic rings. The van der Waals surface area contributed by atoms with Gasteiger partial charge in [0.05, 0.1) is 17.7 Å². The second-order valence-electron chi connectivity index (χ2n) is 5.83. The molecular weight excluding hydrogens is 266 g/mol. The molecule has 0 bridgehead atoms. The molecule has 0 unspecified atom stereocenters. The van der Waals surface area contributed by atoms with Crippen molar-refractivity contribution in [2.45, 2.75) is 51.9 Å². The van der Waals surface area contributed by atoms with Crippen LogP contribution in [0.5, 0.6) is 5.75 Å². The number of nitrogens with zero attached hydrogens (tertiary/aromatic N) is 2. The Bertz CT molecular complexity index is 630. The fraction of sp³-hybridized carbons (Fsp3) is 0.562. The first-order valence-corrected chi connectivity index (χ1v) is 7.64. The molecule has 1 heterocycles. The summed E-state index contributed by atoms with van der Waals surface area (Å²) in [7, 11) is 0. The third-order valence-electron chi connectivity index (χ3n) is 3.91. The quantitative estimate of drug-likeness (QED) is 0.918. The first-order chi connectivity index (χ1) is 10.1. The highest BCUT2D eigenvalue weighted by Crippen LogP contribution is 2.39. The third kappa shape index (κ3) is 2.58. The van der Waals surface area contributed by atoms with Crippen LogP contribution in [0.15, 0.2) is 18.2 Å². The van der Waals surface area contributed by atoms with Crippen LogP contribution >= 0.6 is 0 Å². The van der Waals surface area contributed by atoms with Crippen LogP contribution in [0.3, 0.4) is 0 Å². The molecule has 114 valence electrons. The lowest BCUT2D eigenvalue weighted by Gasteiger charge is -2.36. The maximum Gasteiger partial charge on any atom is 0.201 e. The summed E-state index contributed by atoms with van der Waals surface area (Å²) in [5, 5.41) is 0. The van der Waals surface area contributed by atoms with Crippen molar-refractivity contribution >= 4 is 17.0 Å². The van der Waals surface area contributed by atoms with Crippen LogP contribution in [0.4, 0.5) is 5.95 Å². The molecule has 5 heteroatoms. The zero-order valence-corrected chi connectivity index (χ0v) is 12.9. The summed E-state index contributed by atoms with van der Waals surface area (Å²) < 4.78 is 13.6. The van der Waals surface area contributed by atoms with Gasteiger partial charge in [-0.1, -0.05) is 6.07 Å². The standard InChI is InChI=1S/C16H23N3O2/c1-4-20-12-8-11(9-12)19-13-6-5-7-14(21-10(2)3)15(13)18-16(19)17/h5-7,10-12H,4,8-9H2,1-3H3,(H2,17,18). The number of aromatic nitrogens is 2. The average molecular weight is 289 g/mol. The van der Waals surface area contributed by atoms with E-state index in [0.717, 1.165) is 36.2 Å². The molecule has 2 N–H and O–H groups in total. The van der Waals surface area contributed by atoms with Gasteiger partial charge < -0.3 is 19.8 Å². The Morgan fingerprint density at radius 2 is 2.14 bits per heavy atom. The Morgan fingerprint density at radius 1 is 1.38 bits per heavy atom. The molecule has 5 nitrogen and oxygen atoms in total. The number of anilines is 1. The van der Waals surface area contributed by atoms with E-state index in [9.17, 15) is 0 Å². The normalized spacial score (nSPS) is 21.7. The molecule has 0 radical (unpaired) electrons. The predicted molar refractivity (Wildman–Crippen MR) is 83.6 cm³/mol. The van der Waals surface area contributed by atoms with Gasteiger partial charge in [-0.2, -0.15) is 0 Å². The minimum absolute atomic E-state index is 0.119. The molecule has 1 aliphatic rings. The molecule has 0 aliphatic heterocycles. The summed E-state index contributed by atoms with van der Waals surface area (Å²) in [6.07, 6.45) is 2.47. The predicted octanol–water partition coefficient (Wildman–Crippen LogP) is 3.15. The van der Waals surface area contributed by atoms with Crippen molar-refractivity contribution in [2.75, 3.05) is 12.3 Å². The van der Waals surface area contributed by atoms with Crippen LogP contribution in [0.2, 0.25) is 0 Å². The first kappa shape index (κ1) is 14.2. The van der Waals surface area contributed by atoms with E-state index in [1.807, 2.05) is 32.9 Å². The van der Waals surface area contributed by atoms with Crippen LogP contribution in [-0.2, 0) is 4.74 Å². The van der Waals surface area contributed by atoms with Gasteiger partial charge >= 0.3 is 0 Å². The molecule has 3 rings (SSSR count). The first-order valence-electron chi connectivity index (χ1n) is 7.64. The Labute approximate surface area is 125 Å². The minimum atomic E-state index is 0.119. The molecule has 0 spiro atoms. The fourth-order valence-corrected chi connectivity index (χ4v) is 2.96. The third-order valence-corrected chi connectivity index (χ3v) is 3.91. The van der Waals surface area contributed by atoms with Crippen molar-refractivity contribution in [3.8, 4) is 5.75 Å². The minimum Gasteiger partial charge on any atom is -0.489 e. The highest BCUT2D eigenvalue weighted by molar-refractivity contribution is 5.84. The summed E-state index contributed by atoms with van der Waals surface area (Å²) in [6, 6.07) is 6.37. The summed E-state index contributed by atoms with van der Waals surface area (Å²) in [5.41, 5.74) is 8.04. The number of ether oxygens (including phenoxy) is 2. The molecule has 1 saturated carbocycles. The maximum atomic E-state index is 6.14. The van der Waals surface area contributed by atoms with Gasteiger partial charge in [0, 0.05) is 12.6 Å². The molecule has 21 heavy (non-hydrogen) atoms. The molecule has 0 atom stereocenters. The van der Waals surface area contributed by atoms with E-state index in [1.165, 1.54) is 0 Å². The Hall–Kier alpha value is -1.75. The van der Waals surface area contributed by atoms with Crippen molar-refractivity contribution in [1.29, 1.82) is 0 Å². The fourth-order valence-electron chi connectivity index (χ4n) is 2.96. The van der Waals surface area contributed by atoms with E-state index in [2.05, 4.69) is 15.6 Å². The lowest BCUT2D eigenvalue weighted by atomic mass is 9.89. The number of benzene rings is 1. The van der Waals surface area contributed by atoms with Crippen LogP contribution in [0.25, 0.3) is 11.0 Å². The van der Waals surface area contributed by atoms with Gasteiger partial charge in [0.1, 0.15) is 11.3 Å². The highest BCUT2D eigenvalue weighted by atomic mass is 16.5. The molecule has 1 aromatic heterocycles. The van der Waals surface area contributed by atoms with Crippen molar-refractivity contribution in [2.24, 2.45) is 0 Å². The largest absolute Gasteiger partial charge is 0.489 e. The number of imidazole rings is 1. The van der Waals surface area contributed by atoms with Crippen LogP contribution in [-0.4, -0.2) is 28.4 Å². The molecular formula is C16H23N3O2. The Kier molecular flexibility index (Phi) is 3.76. The van der Waals surface area contributed by atoms with Crippen molar-refractivity contribution in [3.05, 3.63) is 18.2 Å². The number of para-hydroxylation sites is 1. The monoisotopic (exact) mass is 289 g/mol. The molecule has 0 saturated heterocycles. The van der Waals surface area contributed by atoms with Crippen molar-refractivity contribution in [1.82, 2.24) is 9.55 Å². The van der Waals surface area contributed by atoms with E-state index in [0.29, 0.717) is 18.1 Å². The van der Waals surface area contributed by atoms with Crippen molar-refractivity contribution < 1.29 is 9.47 Å². The number of fused-ring (bicyclic) bond motifs is 1. The average Bonchev–Trinajstić information content (AvgIpc) is 2.70. The van der Waals surface area contributed by atoms with Gasteiger partial charge in [-0.3, -0.25) is 0 Å². The van der Waals surface area contributed by atoms with Gasteiger partial charge in [-0.15, -0.1) is 0 Å². The van der Waals surface area contributed by atoms with E-state index >= 15 is 0 Å². The highest BCUT2D eigenvalue weighted by Gasteiger charge is 2.33. The lowest BCUT2D eigenvalue weighted by molar-refractivity contribution is -0.0181. The number of rotatable bonds is 5. The van der Waals surface area contributed by atoms with Crippen LogP contribution < -0.4 is 10.5 Å². The molecule has 1 fully saturated rings. The van der Waals surface area contributed by atoms with Gasteiger partial charge in [0.15, 0.2) is 0 Å². The van der Waals surface area contributed by atoms with Crippen LogP contribution in [0, 0.1) is 0 Å². The van der Waals surface area contributed by atoms with E-state index in [-0.39, 0.29) is 6.10 Å². The van der Waals surface area contributed by atoms with E-state index in [1.54, 1.807) is 0 Å². The second-order valence-corrected chi connectivity index (χ2v) is 5.83. The Morgan fingerprint density at radius 3 is 2.81 bits per heavy atom. The van der Waals surface area contributed by atoms with Gasteiger partial charge in [-0.05, 0) is 45.7 Å². The van der Waals surface area contributed by atoms with E-state index < -0.39 is 0 Å². The number of nitrogen functional groups attached to an aromatic ring is 1. The maximum absolute atomic E-state index is 6.14. The number of hydrogen-bond acceptors (Lipinski definition) is 4. The molecule has 0 amide bonds. The van der Waals surface area contributed by atoms with Gasteiger partial charge in [0.2, 0.25) is 5.95 Å². The summed E-state index contributed by atoms with van der Waals surface area (Å²) in [6.45, 7) is 6.82. The SMILES string of the molecule is CCOC1CC(n2c(N)nc3c(OC(C)C)cccc32)C1. The van der Waals surface area contributed by atoms with Gasteiger partial charge in [0.25, 0.3) is 0 Å². The zero-order chi connectivity index (χ0) is 15.0. The zero-order valence-electron chi connectivity index (χ0n) is 12.9. The second kappa shape index (κ2) is 5.56. The summed E-state index contributed by atoms with van der Waals surface area (Å²) in [4.78, 5) is 4.51. The number of nitrogens with two attached hydrogens (primary N) is 1. The molecule has 1 aliphatic carbocycles. The molecule has 1 aromatic carbocycles. The van der Waals surface area contributed by atoms with E-state index in [4.69, 9.17) is 15.2 Å². The Balaban J connectivity index is 1.92. The van der Waals surface area contributed by atoms with Crippen LogP contribution in [0.1, 0.15) is 39.7 Å². The van der Waals surface area contributed by atoms with Crippen molar-refractivity contribution in [3.63, 3.8) is 0 Å². The summed E-state index contributed by atoms with van der Waals surface area (Å²) in [5.74, 6) is 1.36. The lowest BCUT2D eigenvalue weighted by Crippen LogP contribution is -2.33. The topological polar surface area (TPSA) is 62.3 Å². The summed E-state index contributed by atoms with van der Waals surface area (Å²) >= 11 is 0. The smallest absolute Gasteiger partial charge is 0.201 e. The van der Waals surface area contributed by atoms with Gasteiger partial charge in [-0.25, -0.2) is 4.98 Å².